The lowest BCUT2D eigenvalue weighted by Gasteiger charge is -2.20. The molecule has 0 radical (unpaired) electrons. The van der Waals surface area contributed by atoms with Crippen LogP contribution in [-0.2, 0) is 19.0 Å². The lowest BCUT2D eigenvalue weighted by molar-refractivity contribution is -0.140. The number of benzene rings is 1. The van der Waals surface area contributed by atoms with E-state index in [1.165, 1.54) is 6.20 Å². The molecule has 2 saturated heterocycles. The molecule has 31 heavy (non-hydrogen) atoms. The Labute approximate surface area is 180 Å². The number of fused-ring (bicyclic) bond motifs is 4. The molecule has 2 aromatic rings. The smallest absolute Gasteiger partial charge is 0.340 e. The highest BCUT2D eigenvalue weighted by Crippen LogP contribution is 2.49. The fourth-order valence-electron chi connectivity index (χ4n) is 4.66. The van der Waals surface area contributed by atoms with Crippen molar-refractivity contribution in [1.82, 2.24) is 10.2 Å². The number of ether oxygens (including phenoxy) is 3. The molecule has 7 heteroatoms. The number of epoxide rings is 1. The number of aromatic nitrogens is 2. The quantitative estimate of drug-likeness (QED) is 0.325. The summed E-state index contributed by atoms with van der Waals surface area (Å²) in [5.41, 5.74) is 2.29. The summed E-state index contributed by atoms with van der Waals surface area (Å²) >= 11 is 0. The second-order valence-corrected chi connectivity index (χ2v) is 8.64. The number of hydrogen-bond acceptors (Lipinski definition) is 7. The summed E-state index contributed by atoms with van der Waals surface area (Å²) in [7, 11) is 0. The van der Waals surface area contributed by atoms with Crippen molar-refractivity contribution in [3.8, 4) is 0 Å². The van der Waals surface area contributed by atoms with Gasteiger partial charge in [-0.15, -0.1) is 0 Å². The van der Waals surface area contributed by atoms with Crippen LogP contribution in [0.25, 0.3) is 10.9 Å². The fraction of sp³-hybridized carbons (Fsp3) is 0.417. The predicted molar refractivity (Wildman–Crippen MR) is 112 cm³/mol. The Kier molecular flexibility index (Phi) is 4.85. The van der Waals surface area contributed by atoms with Crippen molar-refractivity contribution in [3.63, 3.8) is 0 Å². The molecular formula is C24H24N2O5. The van der Waals surface area contributed by atoms with Crippen molar-refractivity contribution < 1.29 is 23.8 Å². The van der Waals surface area contributed by atoms with E-state index in [0.717, 1.165) is 18.4 Å². The Balaban J connectivity index is 1.31. The minimum absolute atomic E-state index is 0.0686. The van der Waals surface area contributed by atoms with Crippen molar-refractivity contribution in [2.75, 3.05) is 6.61 Å². The average molecular weight is 420 g/mol. The van der Waals surface area contributed by atoms with Gasteiger partial charge in [-0.25, -0.2) is 9.59 Å². The van der Waals surface area contributed by atoms with Gasteiger partial charge in [0, 0.05) is 16.9 Å². The van der Waals surface area contributed by atoms with E-state index in [-0.39, 0.29) is 36.3 Å². The number of allylic oxidation sites excluding steroid dienone is 1. The van der Waals surface area contributed by atoms with Crippen molar-refractivity contribution in [2.24, 2.45) is 5.92 Å². The summed E-state index contributed by atoms with van der Waals surface area (Å²) in [6.45, 7) is 6.19. The SMILES string of the molecule is C=C1C(=O)O[C@H]2[C@H]1CCC(COC(=O)c1cnnc3ccccc13)=CCC[C@@]1(C)O[C@@H]21. The van der Waals surface area contributed by atoms with Gasteiger partial charge in [-0.2, -0.15) is 10.2 Å². The van der Waals surface area contributed by atoms with E-state index < -0.39 is 5.97 Å². The number of hydrogen-bond donors (Lipinski definition) is 0. The average Bonchev–Trinajstić information content (AvgIpc) is 3.37. The summed E-state index contributed by atoms with van der Waals surface area (Å²) in [6.07, 6.45) is 6.25. The van der Waals surface area contributed by atoms with Crippen LogP contribution in [0.5, 0.6) is 0 Å². The molecule has 0 spiro atoms. The molecular weight excluding hydrogens is 396 g/mol. The van der Waals surface area contributed by atoms with Gasteiger partial charge in [0.2, 0.25) is 0 Å². The molecule has 3 heterocycles. The van der Waals surface area contributed by atoms with Crippen LogP contribution < -0.4 is 0 Å². The third-order valence-corrected chi connectivity index (χ3v) is 6.59. The zero-order valence-electron chi connectivity index (χ0n) is 17.4. The largest absolute Gasteiger partial charge is 0.458 e. The standard InChI is InChI=1S/C24H24N2O5/c1-14-16-10-9-15(6-5-11-24(2)21(31-24)20(16)30-22(14)27)13-29-23(28)18-12-25-26-19-8-4-3-7-17(18)19/h3-4,6-8,12,16,20-21H,1,5,9-11,13H2,2H3/t16-,20-,21-,24+/m0/s1. The summed E-state index contributed by atoms with van der Waals surface area (Å²) in [6, 6.07) is 7.35. The number of esters is 2. The van der Waals surface area contributed by atoms with Gasteiger partial charge in [0.1, 0.15) is 18.8 Å². The minimum atomic E-state index is -0.427. The van der Waals surface area contributed by atoms with Crippen LogP contribution in [-0.4, -0.2) is 46.6 Å². The van der Waals surface area contributed by atoms with Gasteiger partial charge in [0.05, 0.1) is 22.9 Å². The van der Waals surface area contributed by atoms with Crippen LogP contribution in [0.2, 0.25) is 0 Å². The Morgan fingerprint density at radius 2 is 2.19 bits per heavy atom. The molecule has 3 aliphatic rings. The highest BCUT2D eigenvalue weighted by molar-refractivity contribution is 6.02. The van der Waals surface area contributed by atoms with Gasteiger partial charge in [0.25, 0.3) is 0 Å². The first kappa shape index (κ1) is 19.9. The summed E-state index contributed by atoms with van der Waals surface area (Å²) in [4.78, 5) is 24.8. The van der Waals surface area contributed by atoms with Crippen molar-refractivity contribution >= 4 is 22.8 Å². The highest BCUT2D eigenvalue weighted by Gasteiger charge is 2.61. The molecule has 0 N–H and O–H groups in total. The van der Waals surface area contributed by atoms with Gasteiger partial charge < -0.3 is 14.2 Å². The van der Waals surface area contributed by atoms with Crippen molar-refractivity contribution in [1.29, 1.82) is 0 Å². The summed E-state index contributed by atoms with van der Waals surface area (Å²) in [5, 5.41) is 8.68. The van der Waals surface area contributed by atoms with E-state index in [4.69, 9.17) is 14.2 Å². The Hall–Kier alpha value is -3.06. The molecule has 0 bridgehead atoms. The molecule has 160 valence electrons. The minimum Gasteiger partial charge on any atom is -0.458 e. The molecule has 0 saturated carbocycles. The van der Waals surface area contributed by atoms with Gasteiger partial charge in [-0.05, 0) is 44.2 Å². The summed E-state index contributed by atoms with van der Waals surface area (Å²) < 4.78 is 17.2. The van der Waals surface area contributed by atoms with E-state index in [9.17, 15) is 9.59 Å². The zero-order chi connectivity index (χ0) is 21.6. The number of rotatable bonds is 3. The molecule has 5 rings (SSSR count). The predicted octanol–water partition coefficient (Wildman–Crippen LogP) is 3.54. The first-order chi connectivity index (χ1) is 15.0. The highest BCUT2D eigenvalue weighted by atomic mass is 16.6. The first-order valence-electron chi connectivity index (χ1n) is 10.6. The maximum Gasteiger partial charge on any atom is 0.340 e. The Morgan fingerprint density at radius 1 is 1.35 bits per heavy atom. The lowest BCUT2D eigenvalue weighted by Crippen LogP contribution is -2.29. The van der Waals surface area contributed by atoms with Crippen LogP contribution in [0.4, 0.5) is 0 Å². The molecule has 4 atom stereocenters. The second-order valence-electron chi connectivity index (χ2n) is 8.64. The normalized spacial score (nSPS) is 30.1. The van der Waals surface area contributed by atoms with Gasteiger partial charge in [0.15, 0.2) is 0 Å². The van der Waals surface area contributed by atoms with E-state index in [1.54, 1.807) is 0 Å². The van der Waals surface area contributed by atoms with Crippen LogP contribution in [0.3, 0.4) is 0 Å². The van der Waals surface area contributed by atoms with Crippen LogP contribution in [0.1, 0.15) is 43.0 Å². The fourth-order valence-corrected chi connectivity index (χ4v) is 4.66. The Morgan fingerprint density at radius 3 is 3.06 bits per heavy atom. The van der Waals surface area contributed by atoms with E-state index in [0.29, 0.717) is 34.9 Å². The monoisotopic (exact) mass is 420 g/mol. The molecule has 2 aliphatic heterocycles. The summed E-state index contributed by atoms with van der Waals surface area (Å²) in [5.74, 6) is -0.839. The van der Waals surface area contributed by atoms with Crippen molar-refractivity contribution in [2.45, 2.75) is 50.4 Å². The molecule has 2 fully saturated rings. The maximum atomic E-state index is 12.7. The molecule has 0 amide bonds. The molecule has 7 nitrogen and oxygen atoms in total. The second kappa shape index (κ2) is 7.57. The van der Waals surface area contributed by atoms with Crippen molar-refractivity contribution in [3.05, 3.63) is 59.8 Å². The molecule has 1 aliphatic carbocycles. The third-order valence-electron chi connectivity index (χ3n) is 6.59. The van der Waals surface area contributed by atoms with Gasteiger partial charge in [-0.3, -0.25) is 0 Å². The van der Waals surface area contributed by atoms with Crippen LogP contribution >= 0.6 is 0 Å². The lowest BCUT2D eigenvalue weighted by atomic mass is 9.84. The van der Waals surface area contributed by atoms with E-state index in [1.807, 2.05) is 24.3 Å². The molecule has 1 aromatic heterocycles. The van der Waals surface area contributed by atoms with E-state index in [2.05, 4.69) is 29.8 Å². The molecule has 0 unspecified atom stereocenters. The zero-order valence-corrected chi connectivity index (χ0v) is 17.4. The third kappa shape index (κ3) is 3.63. The number of carbonyl (C=O) groups is 2. The number of carbonyl (C=O) groups excluding carboxylic acids is 2. The van der Waals surface area contributed by atoms with Crippen LogP contribution in [0, 0.1) is 5.92 Å². The maximum absolute atomic E-state index is 12.7. The van der Waals surface area contributed by atoms with Gasteiger partial charge >= 0.3 is 11.9 Å². The van der Waals surface area contributed by atoms with Gasteiger partial charge in [-0.1, -0.05) is 30.9 Å². The van der Waals surface area contributed by atoms with E-state index >= 15 is 0 Å². The van der Waals surface area contributed by atoms with Crippen LogP contribution in [0.15, 0.2) is 54.3 Å². The topological polar surface area (TPSA) is 90.9 Å². The molecule has 1 aromatic carbocycles. The number of nitrogens with zero attached hydrogens (tertiary/aromatic N) is 2. The Bertz CT molecular complexity index is 1100. The first-order valence-corrected chi connectivity index (χ1v) is 10.6.